The number of hydrogen-bond acceptors (Lipinski definition) is 1. The molecule has 1 nitrogen and oxygen atoms in total. The molecule has 1 aromatic rings. The second-order valence-electron chi connectivity index (χ2n) is 4.69. The molecule has 0 unspecified atom stereocenters. The molecule has 0 aliphatic heterocycles. The SMILES string of the molecule is CCC1(CNCc2cc(Cl)ccc2Cl)CC1. The molecule has 1 saturated carbocycles. The molecular formula is C13H17Cl2N. The smallest absolute Gasteiger partial charge is 0.0451 e. The van der Waals surface area contributed by atoms with Crippen molar-refractivity contribution in [1.29, 1.82) is 0 Å². The van der Waals surface area contributed by atoms with Gasteiger partial charge in [-0.25, -0.2) is 0 Å². The van der Waals surface area contributed by atoms with Crippen molar-refractivity contribution in [3.8, 4) is 0 Å². The van der Waals surface area contributed by atoms with E-state index in [0.717, 1.165) is 28.7 Å². The van der Waals surface area contributed by atoms with Gasteiger partial charge in [0.15, 0.2) is 0 Å². The van der Waals surface area contributed by atoms with Gasteiger partial charge in [0.1, 0.15) is 0 Å². The number of hydrogen-bond donors (Lipinski definition) is 1. The minimum atomic E-state index is 0.574. The summed E-state index contributed by atoms with van der Waals surface area (Å²) in [6, 6.07) is 5.61. The first-order chi connectivity index (χ1) is 7.65. The van der Waals surface area contributed by atoms with Crippen LogP contribution in [0.25, 0.3) is 0 Å². The molecule has 0 amide bonds. The van der Waals surface area contributed by atoms with Crippen LogP contribution < -0.4 is 5.32 Å². The van der Waals surface area contributed by atoms with Crippen LogP contribution in [0.4, 0.5) is 0 Å². The first-order valence-electron chi connectivity index (χ1n) is 5.80. The molecule has 1 aliphatic carbocycles. The Morgan fingerprint density at radius 3 is 2.69 bits per heavy atom. The average molecular weight is 258 g/mol. The Labute approximate surface area is 107 Å². The van der Waals surface area contributed by atoms with Gasteiger partial charge in [-0.2, -0.15) is 0 Å². The third-order valence-corrected chi connectivity index (χ3v) is 4.13. The summed E-state index contributed by atoms with van der Waals surface area (Å²) >= 11 is 12.0. The quantitative estimate of drug-likeness (QED) is 0.831. The van der Waals surface area contributed by atoms with Gasteiger partial charge in [0.05, 0.1) is 0 Å². The largest absolute Gasteiger partial charge is 0.312 e. The van der Waals surface area contributed by atoms with Crippen LogP contribution in [-0.2, 0) is 6.54 Å². The van der Waals surface area contributed by atoms with Crippen molar-refractivity contribution in [2.75, 3.05) is 6.54 Å². The van der Waals surface area contributed by atoms with E-state index in [-0.39, 0.29) is 0 Å². The minimum absolute atomic E-state index is 0.574. The molecule has 0 aromatic heterocycles. The van der Waals surface area contributed by atoms with Crippen LogP contribution in [0.15, 0.2) is 18.2 Å². The molecule has 16 heavy (non-hydrogen) atoms. The number of nitrogens with one attached hydrogen (secondary N) is 1. The van der Waals surface area contributed by atoms with Crippen molar-refractivity contribution in [2.24, 2.45) is 5.41 Å². The Balaban J connectivity index is 1.87. The van der Waals surface area contributed by atoms with E-state index in [9.17, 15) is 0 Å². The fraction of sp³-hybridized carbons (Fsp3) is 0.538. The molecule has 1 N–H and O–H groups in total. The molecule has 88 valence electrons. The van der Waals surface area contributed by atoms with Crippen LogP contribution >= 0.6 is 23.2 Å². The lowest BCUT2D eigenvalue weighted by atomic mass is 10.0. The Bertz CT molecular complexity index is 372. The molecule has 0 atom stereocenters. The monoisotopic (exact) mass is 257 g/mol. The highest BCUT2D eigenvalue weighted by molar-refractivity contribution is 6.33. The molecule has 1 aromatic carbocycles. The number of rotatable bonds is 5. The first-order valence-corrected chi connectivity index (χ1v) is 6.55. The predicted octanol–water partition coefficient (Wildman–Crippen LogP) is 4.27. The number of halogens is 2. The van der Waals surface area contributed by atoms with Gasteiger partial charge in [-0.05, 0) is 48.4 Å². The van der Waals surface area contributed by atoms with Gasteiger partial charge < -0.3 is 5.32 Å². The van der Waals surface area contributed by atoms with E-state index >= 15 is 0 Å². The van der Waals surface area contributed by atoms with E-state index in [1.54, 1.807) is 0 Å². The summed E-state index contributed by atoms with van der Waals surface area (Å²) in [6.45, 7) is 4.16. The first kappa shape index (κ1) is 12.2. The second kappa shape index (κ2) is 4.95. The molecule has 0 radical (unpaired) electrons. The Kier molecular flexibility index (Phi) is 3.78. The maximum absolute atomic E-state index is 6.10. The third-order valence-electron chi connectivity index (χ3n) is 3.53. The zero-order valence-electron chi connectivity index (χ0n) is 9.52. The van der Waals surface area contributed by atoms with Gasteiger partial charge in [0, 0.05) is 23.1 Å². The summed E-state index contributed by atoms with van der Waals surface area (Å²) in [5, 5.41) is 5.02. The lowest BCUT2D eigenvalue weighted by Crippen LogP contribution is -2.23. The van der Waals surface area contributed by atoms with E-state index in [4.69, 9.17) is 23.2 Å². The lowest BCUT2D eigenvalue weighted by molar-refractivity contribution is 0.443. The van der Waals surface area contributed by atoms with Crippen molar-refractivity contribution in [1.82, 2.24) is 5.32 Å². The molecular weight excluding hydrogens is 241 g/mol. The van der Waals surface area contributed by atoms with Crippen LogP contribution in [0.1, 0.15) is 31.7 Å². The second-order valence-corrected chi connectivity index (χ2v) is 5.54. The van der Waals surface area contributed by atoms with E-state index in [1.807, 2.05) is 18.2 Å². The van der Waals surface area contributed by atoms with Gasteiger partial charge in [-0.3, -0.25) is 0 Å². The Morgan fingerprint density at radius 2 is 2.06 bits per heavy atom. The van der Waals surface area contributed by atoms with E-state index in [0.29, 0.717) is 5.41 Å². The maximum atomic E-state index is 6.10. The zero-order valence-corrected chi connectivity index (χ0v) is 11.0. The molecule has 2 rings (SSSR count). The zero-order chi connectivity index (χ0) is 11.6. The summed E-state index contributed by atoms with van der Waals surface area (Å²) in [6.07, 6.45) is 3.99. The molecule has 0 heterocycles. The summed E-state index contributed by atoms with van der Waals surface area (Å²) in [4.78, 5) is 0. The molecule has 1 aliphatic rings. The van der Waals surface area contributed by atoms with Crippen molar-refractivity contribution in [3.63, 3.8) is 0 Å². The summed E-state index contributed by atoms with van der Waals surface area (Å²) < 4.78 is 0. The van der Waals surface area contributed by atoms with Gasteiger partial charge in [-0.1, -0.05) is 30.1 Å². The Morgan fingerprint density at radius 1 is 1.31 bits per heavy atom. The topological polar surface area (TPSA) is 12.0 Å². The standard InChI is InChI=1S/C13H17Cl2N/c1-2-13(5-6-13)9-16-8-10-7-11(14)3-4-12(10)15/h3-4,7,16H,2,5-6,8-9H2,1H3. The van der Waals surface area contributed by atoms with E-state index in [2.05, 4.69) is 12.2 Å². The lowest BCUT2D eigenvalue weighted by Gasteiger charge is -2.14. The molecule has 3 heteroatoms. The fourth-order valence-electron chi connectivity index (χ4n) is 1.97. The number of benzene rings is 1. The minimum Gasteiger partial charge on any atom is -0.312 e. The fourth-order valence-corrected chi connectivity index (χ4v) is 2.35. The van der Waals surface area contributed by atoms with Gasteiger partial charge in [0.2, 0.25) is 0 Å². The normalized spacial score (nSPS) is 17.4. The Hall–Kier alpha value is -0.240. The maximum Gasteiger partial charge on any atom is 0.0451 e. The molecule has 0 spiro atoms. The van der Waals surface area contributed by atoms with Gasteiger partial charge in [-0.15, -0.1) is 0 Å². The average Bonchev–Trinajstić information content (AvgIpc) is 3.04. The van der Waals surface area contributed by atoms with Crippen molar-refractivity contribution >= 4 is 23.2 Å². The summed E-state index contributed by atoms with van der Waals surface area (Å²) in [5.74, 6) is 0. The highest BCUT2D eigenvalue weighted by Crippen LogP contribution is 2.47. The van der Waals surface area contributed by atoms with Crippen LogP contribution in [0, 0.1) is 5.41 Å². The van der Waals surface area contributed by atoms with Crippen molar-refractivity contribution < 1.29 is 0 Å². The van der Waals surface area contributed by atoms with E-state index in [1.165, 1.54) is 19.3 Å². The van der Waals surface area contributed by atoms with Crippen LogP contribution in [0.3, 0.4) is 0 Å². The van der Waals surface area contributed by atoms with Crippen LogP contribution in [0.5, 0.6) is 0 Å². The highest BCUT2D eigenvalue weighted by atomic mass is 35.5. The van der Waals surface area contributed by atoms with Crippen molar-refractivity contribution in [3.05, 3.63) is 33.8 Å². The van der Waals surface area contributed by atoms with Crippen molar-refractivity contribution in [2.45, 2.75) is 32.7 Å². The third kappa shape index (κ3) is 2.91. The summed E-state index contributed by atoms with van der Waals surface area (Å²) in [7, 11) is 0. The molecule has 1 fully saturated rings. The summed E-state index contributed by atoms with van der Waals surface area (Å²) in [5.41, 5.74) is 1.66. The highest BCUT2D eigenvalue weighted by Gasteiger charge is 2.39. The molecule has 0 bridgehead atoms. The van der Waals surface area contributed by atoms with Crippen LogP contribution in [-0.4, -0.2) is 6.54 Å². The van der Waals surface area contributed by atoms with Crippen LogP contribution in [0.2, 0.25) is 10.0 Å². The van der Waals surface area contributed by atoms with E-state index < -0.39 is 0 Å². The van der Waals surface area contributed by atoms with Gasteiger partial charge >= 0.3 is 0 Å². The van der Waals surface area contributed by atoms with Gasteiger partial charge in [0.25, 0.3) is 0 Å². The molecule has 0 saturated heterocycles. The predicted molar refractivity (Wildman–Crippen MR) is 70.1 cm³/mol.